The molecular weight excluding hydrogens is 136 g/mol. The minimum atomic E-state index is 0.0403. The summed E-state index contributed by atoms with van der Waals surface area (Å²) in [5.74, 6) is 0.807. The molecule has 1 aliphatic rings. The molecule has 0 amide bonds. The van der Waals surface area contributed by atoms with E-state index in [-0.39, 0.29) is 5.60 Å². The molecule has 0 heterocycles. The van der Waals surface area contributed by atoms with Crippen molar-refractivity contribution in [2.45, 2.75) is 46.6 Å². The summed E-state index contributed by atoms with van der Waals surface area (Å²) >= 11 is 0. The zero-order valence-electron chi connectivity index (χ0n) is 8.40. The molecule has 1 rings (SSSR count). The molecule has 1 unspecified atom stereocenters. The average Bonchev–Trinajstić information content (AvgIpc) is 2.33. The minimum absolute atomic E-state index is 0.0403. The molecule has 66 valence electrons. The van der Waals surface area contributed by atoms with Gasteiger partial charge in [0.15, 0.2) is 0 Å². The van der Waals surface area contributed by atoms with Crippen molar-refractivity contribution in [3.05, 3.63) is 0 Å². The summed E-state index contributed by atoms with van der Waals surface area (Å²) in [6, 6.07) is 0. The smallest absolute Gasteiger partial charge is 0.0598 e. The summed E-state index contributed by atoms with van der Waals surface area (Å²) < 4.78 is 5.69. The van der Waals surface area contributed by atoms with E-state index in [9.17, 15) is 0 Å². The third-order valence-corrected chi connectivity index (χ3v) is 2.44. The third-order valence-electron chi connectivity index (χ3n) is 2.44. The minimum Gasteiger partial charge on any atom is -0.376 e. The second kappa shape index (κ2) is 2.48. The Bertz CT molecular complexity index is 141. The Morgan fingerprint density at radius 1 is 1.36 bits per heavy atom. The van der Waals surface area contributed by atoms with Crippen LogP contribution in [0.3, 0.4) is 0 Å². The van der Waals surface area contributed by atoms with Gasteiger partial charge in [0.1, 0.15) is 0 Å². The predicted octanol–water partition coefficient (Wildman–Crippen LogP) is 2.85. The molecule has 1 saturated carbocycles. The normalized spacial score (nSPS) is 28.6. The fourth-order valence-electron chi connectivity index (χ4n) is 1.21. The van der Waals surface area contributed by atoms with E-state index >= 15 is 0 Å². The number of hydrogen-bond acceptors (Lipinski definition) is 1. The molecule has 11 heavy (non-hydrogen) atoms. The Morgan fingerprint density at radius 3 is 2.09 bits per heavy atom. The first-order chi connectivity index (χ1) is 4.81. The van der Waals surface area contributed by atoms with Crippen molar-refractivity contribution in [2.24, 2.45) is 11.3 Å². The van der Waals surface area contributed by atoms with E-state index in [4.69, 9.17) is 4.74 Å². The van der Waals surface area contributed by atoms with Crippen molar-refractivity contribution in [3.63, 3.8) is 0 Å². The highest BCUT2D eigenvalue weighted by Gasteiger charge is 2.45. The molecule has 0 radical (unpaired) electrons. The molecule has 0 spiro atoms. The van der Waals surface area contributed by atoms with E-state index in [1.54, 1.807) is 0 Å². The molecule has 0 aliphatic heterocycles. The van der Waals surface area contributed by atoms with Crippen molar-refractivity contribution in [1.82, 2.24) is 0 Å². The summed E-state index contributed by atoms with van der Waals surface area (Å²) in [6.45, 7) is 11.9. The van der Waals surface area contributed by atoms with Gasteiger partial charge >= 0.3 is 0 Å². The Labute approximate surface area is 70.1 Å². The van der Waals surface area contributed by atoms with Gasteiger partial charge in [-0.15, -0.1) is 0 Å². The van der Waals surface area contributed by atoms with Crippen molar-refractivity contribution < 1.29 is 4.74 Å². The van der Waals surface area contributed by atoms with Crippen LogP contribution < -0.4 is 0 Å². The van der Waals surface area contributed by atoms with Gasteiger partial charge in [0.2, 0.25) is 0 Å². The lowest BCUT2D eigenvalue weighted by molar-refractivity contribution is -0.0126. The molecule has 1 heteroatoms. The first-order valence-electron chi connectivity index (χ1n) is 4.45. The largest absolute Gasteiger partial charge is 0.376 e. The van der Waals surface area contributed by atoms with Gasteiger partial charge in [0.05, 0.1) is 12.2 Å². The lowest BCUT2D eigenvalue weighted by atomic mass is 10.1. The van der Waals surface area contributed by atoms with Crippen LogP contribution in [-0.2, 0) is 4.74 Å². The molecule has 1 atom stereocenters. The van der Waals surface area contributed by atoms with Gasteiger partial charge in [0.25, 0.3) is 0 Å². The topological polar surface area (TPSA) is 9.23 Å². The van der Waals surface area contributed by atoms with Crippen LogP contribution in [0.2, 0.25) is 0 Å². The second-order valence-electron chi connectivity index (χ2n) is 5.31. The quantitative estimate of drug-likeness (QED) is 0.597. The average molecular weight is 156 g/mol. The Balaban J connectivity index is 2.16. The molecule has 0 aromatic rings. The Hall–Kier alpha value is -0.0400. The fourth-order valence-corrected chi connectivity index (χ4v) is 1.21. The summed E-state index contributed by atoms with van der Waals surface area (Å²) in [6.07, 6.45) is 1.34. The lowest BCUT2D eigenvalue weighted by Crippen LogP contribution is -2.21. The van der Waals surface area contributed by atoms with Crippen LogP contribution in [0.25, 0.3) is 0 Å². The summed E-state index contributed by atoms with van der Waals surface area (Å²) in [7, 11) is 0. The highest BCUT2D eigenvalue weighted by Crippen LogP contribution is 2.51. The van der Waals surface area contributed by atoms with E-state index in [1.807, 2.05) is 0 Å². The van der Waals surface area contributed by atoms with Crippen LogP contribution >= 0.6 is 0 Å². The molecule has 0 aromatic heterocycles. The maximum absolute atomic E-state index is 5.69. The number of ether oxygens (including phenoxy) is 1. The van der Waals surface area contributed by atoms with E-state index < -0.39 is 0 Å². The highest BCUT2D eigenvalue weighted by molar-refractivity contribution is 4.95. The monoisotopic (exact) mass is 156 g/mol. The zero-order chi connectivity index (χ0) is 8.70. The SMILES string of the molecule is CC(C)(C)OCC1CC1(C)C. The molecule has 0 aromatic carbocycles. The first-order valence-corrected chi connectivity index (χ1v) is 4.45. The third kappa shape index (κ3) is 2.82. The Kier molecular flexibility index (Phi) is 2.04. The van der Waals surface area contributed by atoms with Crippen LogP contribution in [-0.4, -0.2) is 12.2 Å². The Morgan fingerprint density at radius 2 is 1.82 bits per heavy atom. The molecule has 0 N–H and O–H groups in total. The first kappa shape index (κ1) is 9.05. The van der Waals surface area contributed by atoms with E-state index in [1.165, 1.54) is 6.42 Å². The van der Waals surface area contributed by atoms with Crippen LogP contribution in [0.15, 0.2) is 0 Å². The molecule has 1 aliphatic carbocycles. The zero-order valence-corrected chi connectivity index (χ0v) is 8.40. The molecule has 1 fully saturated rings. The van der Waals surface area contributed by atoms with Gasteiger partial charge in [-0.2, -0.15) is 0 Å². The van der Waals surface area contributed by atoms with Gasteiger partial charge < -0.3 is 4.74 Å². The fraction of sp³-hybridized carbons (Fsp3) is 1.00. The van der Waals surface area contributed by atoms with Crippen LogP contribution in [0.4, 0.5) is 0 Å². The highest BCUT2D eigenvalue weighted by atomic mass is 16.5. The van der Waals surface area contributed by atoms with Gasteiger partial charge in [-0.05, 0) is 38.5 Å². The van der Waals surface area contributed by atoms with Crippen molar-refractivity contribution in [3.8, 4) is 0 Å². The molecule has 1 nitrogen and oxygen atoms in total. The van der Waals surface area contributed by atoms with Gasteiger partial charge in [-0.3, -0.25) is 0 Å². The maximum Gasteiger partial charge on any atom is 0.0598 e. The summed E-state index contributed by atoms with van der Waals surface area (Å²) in [4.78, 5) is 0. The van der Waals surface area contributed by atoms with E-state index in [2.05, 4.69) is 34.6 Å². The van der Waals surface area contributed by atoms with Gasteiger partial charge in [-0.25, -0.2) is 0 Å². The van der Waals surface area contributed by atoms with Crippen molar-refractivity contribution in [2.75, 3.05) is 6.61 Å². The van der Waals surface area contributed by atoms with Gasteiger partial charge in [-0.1, -0.05) is 13.8 Å². The van der Waals surface area contributed by atoms with Crippen LogP contribution in [0.1, 0.15) is 41.0 Å². The lowest BCUT2D eigenvalue weighted by Gasteiger charge is -2.19. The number of rotatable bonds is 2. The maximum atomic E-state index is 5.69. The predicted molar refractivity (Wildman–Crippen MR) is 47.6 cm³/mol. The standard InChI is InChI=1S/C10H20O/c1-9(2,3)11-7-8-6-10(8,4)5/h8H,6-7H2,1-5H3. The summed E-state index contributed by atoms with van der Waals surface area (Å²) in [5.41, 5.74) is 0.601. The second-order valence-corrected chi connectivity index (χ2v) is 5.31. The number of hydrogen-bond donors (Lipinski definition) is 0. The van der Waals surface area contributed by atoms with Crippen LogP contribution in [0.5, 0.6) is 0 Å². The van der Waals surface area contributed by atoms with Crippen LogP contribution in [0, 0.1) is 11.3 Å². The van der Waals surface area contributed by atoms with Crippen molar-refractivity contribution >= 4 is 0 Å². The van der Waals surface area contributed by atoms with Gasteiger partial charge in [0, 0.05) is 0 Å². The molecular formula is C10H20O. The van der Waals surface area contributed by atoms with E-state index in [0.717, 1.165) is 12.5 Å². The molecule has 0 saturated heterocycles. The van der Waals surface area contributed by atoms with Crippen molar-refractivity contribution in [1.29, 1.82) is 0 Å². The van der Waals surface area contributed by atoms with E-state index in [0.29, 0.717) is 5.41 Å². The molecule has 0 bridgehead atoms. The summed E-state index contributed by atoms with van der Waals surface area (Å²) in [5, 5.41) is 0.